The average molecular weight is 444 g/mol. The number of carbonyl (C=O) groups excluding carboxylic acids is 1. The zero-order valence-corrected chi connectivity index (χ0v) is 19.2. The normalized spacial score (nSPS) is 18.5. The molecule has 7 heteroatoms. The average Bonchev–Trinajstić information content (AvgIpc) is 3.57. The van der Waals surface area contributed by atoms with Gasteiger partial charge in [-0.3, -0.25) is 4.79 Å². The van der Waals surface area contributed by atoms with Gasteiger partial charge < -0.3 is 19.5 Å². The Hall–Kier alpha value is -3.37. The first-order chi connectivity index (χ1) is 16.1. The molecule has 1 aliphatic carbocycles. The van der Waals surface area contributed by atoms with E-state index in [1.807, 2.05) is 23.2 Å². The Morgan fingerprint density at radius 2 is 2.12 bits per heavy atom. The van der Waals surface area contributed by atoms with E-state index in [4.69, 9.17) is 9.72 Å². The summed E-state index contributed by atoms with van der Waals surface area (Å²) in [7, 11) is 1.61. The van der Waals surface area contributed by atoms with E-state index in [9.17, 15) is 10.1 Å². The van der Waals surface area contributed by atoms with Crippen LogP contribution in [0, 0.1) is 11.3 Å². The molecule has 5 rings (SSSR count). The van der Waals surface area contributed by atoms with E-state index in [1.54, 1.807) is 7.11 Å². The van der Waals surface area contributed by atoms with Crippen LogP contribution in [0.5, 0.6) is 0 Å². The number of piperazine rings is 1. The molecule has 1 unspecified atom stereocenters. The lowest BCUT2D eigenvalue weighted by molar-refractivity contribution is -0.134. The van der Waals surface area contributed by atoms with Gasteiger partial charge in [0.15, 0.2) is 0 Å². The first-order valence-electron chi connectivity index (χ1n) is 11.7. The highest BCUT2D eigenvalue weighted by Crippen LogP contribution is 2.46. The monoisotopic (exact) mass is 443 g/mol. The molecule has 1 N–H and O–H groups in total. The summed E-state index contributed by atoms with van der Waals surface area (Å²) in [6.45, 7) is 4.45. The molecule has 170 valence electrons. The Labute approximate surface area is 194 Å². The zero-order chi connectivity index (χ0) is 22.9. The third kappa shape index (κ3) is 4.07. The van der Waals surface area contributed by atoms with Crippen molar-refractivity contribution in [2.75, 3.05) is 38.3 Å². The number of pyridine rings is 1. The van der Waals surface area contributed by atoms with Crippen LogP contribution in [0.2, 0.25) is 0 Å². The van der Waals surface area contributed by atoms with Crippen molar-refractivity contribution in [3.8, 4) is 17.2 Å². The largest absolute Gasteiger partial charge is 0.384 e. The second kappa shape index (κ2) is 8.87. The molecule has 33 heavy (non-hydrogen) atoms. The minimum Gasteiger partial charge on any atom is -0.384 e. The Balaban J connectivity index is 1.49. The number of benzene rings is 1. The SMILES string of the molecule is COCCC(=O)N1CCN(c2nc(C3CC3)c(-c3cccc4[nH]ccc34)cc2C#N)CC1C. The number of nitrogens with zero attached hydrogens (tertiary/aromatic N) is 4. The number of methoxy groups -OCH3 is 1. The summed E-state index contributed by atoms with van der Waals surface area (Å²) in [6.07, 6.45) is 4.61. The quantitative estimate of drug-likeness (QED) is 0.621. The number of nitrogens with one attached hydrogen (secondary N) is 1. The number of rotatable bonds is 6. The van der Waals surface area contributed by atoms with Crippen molar-refractivity contribution in [2.24, 2.45) is 0 Å². The van der Waals surface area contributed by atoms with E-state index in [0.29, 0.717) is 44.1 Å². The van der Waals surface area contributed by atoms with Crippen LogP contribution in [0.1, 0.15) is 43.4 Å². The molecule has 1 saturated heterocycles. The molecule has 1 amide bonds. The number of hydrogen-bond donors (Lipinski definition) is 1. The first-order valence-corrected chi connectivity index (χ1v) is 11.7. The number of fused-ring (bicyclic) bond motifs is 1. The predicted octanol–water partition coefficient (Wildman–Crippen LogP) is 4.05. The van der Waals surface area contributed by atoms with Crippen LogP contribution in [0.3, 0.4) is 0 Å². The molecule has 0 radical (unpaired) electrons. The topological polar surface area (TPSA) is 85.2 Å². The van der Waals surface area contributed by atoms with Gasteiger partial charge in [0.2, 0.25) is 5.91 Å². The van der Waals surface area contributed by atoms with Gasteiger partial charge in [-0.2, -0.15) is 5.26 Å². The van der Waals surface area contributed by atoms with Gasteiger partial charge in [0.25, 0.3) is 0 Å². The molecule has 0 spiro atoms. The number of H-pyrrole nitrogens is 1. The number of anilines is 1. The highest BCUT2D eigenvalue weighted by atomic mass is 16.5. The Kier molecular flexibility index (Phi) is 5.77. The van der Waals surface area contributed by atoms with Crippen LogP contribution in [-0.4, -0.2) is 60.2 Å². The molecular weight excluding hydrogens is 414 g/mol. The molecule has 7 nitrogen and oxygen atoms in total. The van der Waals surface area contributed by atoms with E-state index in [-0.39, 0.29) is 11.9 Å². The van der Waals surface area contributed by atoms with Crippen molar-refractivity contribution < 1.29 is 9.53 Å². The third-order valence-electron chi connectivity index (χ3n) is 6.77. The fourth-order valence-corrected chi connectivity index (χ4v) is 4.90. The fourth-order valence-electron chi connectivity index (χ4n) is 4.90. The van der Waals surface area contributed by atoms with Gasteiger partial charge in [-0.05, 0) is 43.5 Å². The molecule has 1 aliphatic heterocycles. The van der Waals surface area contributed by atoms with Gasteiger partial charge in [0.05, 0.1) is 24.3 Å². The van der Waals surface area contributed by atoms with E-state index in [1.165, 1.54) is 0 Å². The number of nitriles is 1. The predicted molar refractivity (Wildman–Crippen MR) is 128 cm³/mol. The third-order valence-corrected chi connectivity index (χ3v) is 6.77. The molecule has 1 aromatic carbocycles. The summed E-state index contributed by atoms with van der Waals surface area (Å²) in [4.78, 5) is 25.0. The van der Waals surface area contributed by atoms with Crippen LogP contribution < -0.4 is 4.90 Å². The molecule has 0 bridgehead atoms. The highest BCUT2D eigenvalue weighted by molar-refractivity contribution is 5.96. The second-order valence-corrected chi connectivity index (χ2v) is 9.05. The summed E-state index contributed by atoms with van der Waals surface area (Å²) in [5.74, 6) is 1.31. The standard InChI is InChI=1S/C26H29N5O2/c1-17-16-30(11-12-31(17)24(32)9-13-33-2)26-19(15-27)14-22(25(29-26)18-6-7-18)20-4-3-5-23-21(20)8-10-28-23/h3-5,8,10,14,17-18,28H,6-7,9,11-13,16H2,1-2H3. The highest BCUT2D eigenvalue weighted by Gasteiger charge is 2.33. The van der Waals surface area contributed by atoms with Crippen molar-refractivity contribution in [1.29, 1.82) is 5.26 Å². The summed E-state index contributed by atoms with van der Waals surface area (Å²) in [5, 5.41) is 11.2. The van der Waals surface area contributed by atoms with Crippen LogP contribution in [-0.2, 0) is 9.53 Å². The van der Waals surface area contributed by atoms with Gasteiger partial charge in [0, 0.05) is 61.4 Å². The van der Waals surface area contributed by atoms with Crippen molar-refractivity contribution in [1.82, 2.24) is 14.9 Å². The molecule has 3 heterocycles. The smallest absolute Gasteiger partial charge is 0.225 e. The molecule has 2 aromatic heterocycles. The zero-order valence-electron chi connectivity index (χ0n) is 19.2. The maximum atomic E-state index is 12.5. The number of amides is 1. The summed E-state index contributed by atoms with van der Waals surface area (Å²) >= 11 is 0. The second-order valence-electron chi connectivity index (χ2n) is 9.05. The van der Waals surface area contributed by atoms with Crippen molar-refractivity contribution in [2.45, 2.75) is 38.1 Å². The maximum absolute atomic E-state index is 12.5. The van der Waals surface area contributed by atoms with Crippen LogP contribution in [0.25, 0.3) is 22.0 Å². The van der Waals surface area contributed by atoms with Gasteiger partial charge >= 0.3 is 0 Å². The van der Waals surface area contributed by atoms with Crippen molar-refractivity contribution in [3.05, 3.63) is 47.8 Å². The molecular formula is C26H29N5O2. The first kappa shape index (κ1) is 21.5. The van der Waals surface area contributed by atoms with Gasteiger partial charge in [-0.25, -0.2) is 4.98 Å². The number of aromatic nitrogens is 2. The number of carbonyl (C=O) groups is 1. The number of ether oxygens (including phenoxy) is 1. The van der Waals surface area contributed by atoms with E-state index >= 15 is 0 Å². The molecule has 2 fully saturated rings. The minimum absolute atomic E-state index is 0.0501. The maximum Gasteiger partial charge on any atom is 0.225 e. The van der Waals surface area contributed by atoms with E-state index in [2.05, 4.69) is 41.1 Å². The number of aromatic amines is 1. The number of hydrogen-bond acceptors (Lipinski definition) is 5. The fraction of sp³-hybridized carbons (Fsp3) is 0.423. The van der Waals surface area contributed by atoms with Crippen molar-refractivity contribution in [3.63, 3.8) is 0 Å². The summed E-state index contributed by atoms with van der Waals surface area (Å²) in [6, 6.07) is 12.8. The van der Waals surface area contributed by atoms with Gasteiger partial charge in [0.1, 0.15) is 11.9 Å². The lowest BCUT2D eigenvalue weighted by atomic mass is 9.96. The van der Waals surface area contributed by atoms with E-state index in [0.717, 1.165) is 46.4 Å². The Morgan fingerprint density at radius 3 is 2.85 bits per heavy atom. The summed E-state index contributed by atoms with van der Waals surface area (Å²) in [5.41, 5.74) is 4.94. The lowest BCUT2D eigenvalue weighted by Gasteiger charge is -2.41. The van der Waals surface area contributed by atoms with Crippen LogP contribution in [0.4, 0.5) is 5.82 Å². The molecule has 2 aliphatic rings. The van der Waals surface area contributed by atoms with Crippen molar-refractivity contribution >= 4 is 22.6 Å². The Bertz CT molecular complexity index is 1220. The summed E-state index contributed by atoms with van der Waals surface area (Å²) < 4.78 is 5.06. The van der Waals surface area contributed by atoms with E-state index < -0.39 is 0 Å². The Morgan fingerprint density at radius 1 is 1.27 bits per heavy atom. The van der Waals surface area contributed by atoms with Gasteiger partial charge in [-0.1, -0.05) is 12.1 Å². The van der Waals surface area contributed by atoms with Crippen LogP contribution in [0.15, 0.2) is 36.5 Å². The van der Waals surface area contributed by atoms with Gasteiger partial charge in [-0.15, -0.1) is 0 Å². The minimum atomic E-state index is 0.0501. The molecule has 1 atom stereocenters. The molecule has 3 aromatic rings. The lowest BCUT2D eigenvalue weighted by Crippen LogP contribution is -2.54. The molecule has 1 saturated carbocycles. The van der Waals surface area contributed by atoms with Crippen LogP contribution >= 0.6 is 0 Å².